The summed E-state index contributed by atoms with van der Waals surface area (Å²) in [6.07, 6.45) is 2.49. The molecule has 0 unspecified atom stereocenters. The minimum absolute atomic E-state index is 0.300. The van der Waals surface area contributed by atoms with E-state index in [1.807, 2.05) is 12.1 Å². The number of nitrogens with one attached hydrogen (secondary N) is 1. The highest BCUT2D eigenvalue weighted by molar-refractivity contribution is 7.18. The molecule has 2 heterocycles. The van der Waals surface area contributed by atoms with Crippen LogP contribution < -0.4 is 5.32 Å². The predicted octanol–water partition coefficient (Wildman–Crippen LogP) is 3.67. The number of aromatic hydroxyl groups is 1. The number of thiophene rings is 1. The maximum absolute atomic E-state index is 9.28. The molecule has 0 saturated carbocycles. The molecule has 0 spiro atoms. The number of phenols is 1. The van der Waals surface area contributed by atoms with Gasteiger partial charge in [0, 0.05) is 11.4 Å². The fourth-order valence-electron chi connectivity index (χ4n) is 2.30. The molecule has 2 N–H and O–H groups in total. The first-order valence-corrected chi connectivity index (χ1v) is 7.69. The van der Waals surface area contributed by atoms with Crippen LogP contribution in [0.25, 0.3) is 10.2 Å². The average Bonchev–Trinajstić information content (AvgIpc) is 2.77. The van der Waals surface area contributed by atoms with Crippen LogP contribution in [0.15, 0.2) is 30.6 Å². The van der Waals surface area contributed by atoms with E-state index in [4.69, 9.17) is 0 Å². The van der Waals surface area contributed by atoms with Crippen LogP contribution in [0.5, 0.6) is 5.75 Å². The smallest absolute Gasteiger partial charge is 0.138 e. The summed E-state index contributed by atoms with van der Waals surface area (Å²) in [5.74, 6) is 1.20. The lowest BCUT2D eigenvalue weighted by Gasteiger charge is -2.07. The number of aromatic nitrogens is 2. The van der Waals surface area contributed by atoms with Gasteiger partial charge in [-0.25, -0.2) is 9.97 Å². The zero-order chi connectivity index (χ0) is 14.8. The summed E-state index contributed by atoms with van der Waals surface area (Å²) >= 11 is 1.71. The van der Waals surface area contributed by atoms with E-state index in [1.54, 1.807) is 29.8 Å². The number of hydrogen-bond acceptors (Lipinski definition) is 5. The number of rotatable bonds is 4. The molecular weight excluding hydrogens is 282 g/mol. The van der Waals surface area contributed by atoms with Crippen molar-refractivity contribution in [2.75, 3.05) is 11.9 Å². The van der Waals surface area contributed by atoms with E-state index in [0.717, 1.165) is 29.0 Å². The van der Waals surface area contributed by atoms with Gasteiger partial charge in [0.2, 0.25) is 0 Å². The monoisotopic (exact) mass is 299 g/mol. The van der Waals surface area contributed by atoms with E-state index in [1.165, 1.54) is 16.0 Å². The third-order valence-corrected chi connectivity index (χ3v) is 4.72. The summed E-state index contributed by atoms with van der Waals surface area (Å²) in [5.41, 5.74) is 2.44. The molecule has 0 atom stereocenters. The molecular formula is C16H17N3OS. The summed E-state index contributed by atoms with van der Waals surface area (Å²) in [6, 6.07) is 7.30. The SMILES string of the molecule is Cc1sc2ncnc(NCCc3ccc(O)cc3)c2c1C. The van der Waals surface area contributed by atoms with Crippen LogP contribution in [-0.2, 0) is 6.42 Å². The lowest BCUT2D eigenvalue weighted by atomic mass is 10.1. The lowest BCUT2D eigenvalue weighted by molar-refractivity contribution is 0.475. The number of benzene rings is 1. The number of anilines is 1. The molecule has 0 aliphatic rings. The van der Waals surface area contributed by atoms with E-state index in [0.29, 0.717) is 5.75 Å². The Hall–Kier alpha value is -2.14. The first kappa shape index (κ1) is 13.8. The summed E-state index contributed by atoms with van der Waals surface area (Å²) < 4.78 is 0. The van der Waals surface area contributed by atoms with Crippen LogP contribution in [0.4, 0.5) is 5.82 Å². The standard InChI is InChI=1S/C16H17N3OS/c1-10-11(2)21-16-14(10)15(18-9-19-16)17-8-7-12-3-5-13(20)6-4-12/h3-6,9,20H,7-8H2,1-2H3,(H,17,18,19). The Morgan fingerprint density at radius 2 is 1.90 bits per heavy atom. The Morgan fingerprint density at radius 1 is 1.14 bits per heavy atom. The van der Waals surface area contributed by atoms with Crippen molar-refractivity contribution in [2.45, 2.75) is 20.3 Å². The van der Waals surface area contributed by atoms with E-state index < -0.39 is 0 Å². The normalized spacial score (nSPS) is 11.0. The van der Waals surface area contributed by atoms with E-state index in [2.05, 4.69) is 29.1 Å². The van der Waals surface area contributed by atoms with Crippen molar-refractivity contribution in [2.24, 2.45) is 0 Å². The Morgan fingerprint density at radius 3 is 2.67 bits per heavy atom. The molecule has 5 heteroatoms. The molecule has 108 valence electrons. The fraction of sp³-hybridized carbons (Fsp3) is 0.250. The molecule has 4 nitrogen and oxygen atoms in total. The number of phenolic OH excluding ortho intramolecular Hbond substituents is 1. The van der Waals surface area contributed by atoms with Crippen LogP contribution in [0.1, 0.15) is 16.0 Å². The lowest BCUT2D eigenvalue weighted by Crippen LogP contribution is -2.07. The van der Waals surface area contributed by atoms with E-state index in [-0.39, 0.29) is 0 Å². The number of aryl methyl sites for hydroxylation is 2. The fourth-order valence-corrected chi connectivity index (χ4v) is 3.30. The van der Waals surface area contributed by atoms with Gasteiger partial charge >= 0.3 is 0 Å². The number of hydrogen-bond donors (Lipinski definition) is 2. The summed E-state index contributed by atoms with van der Waals surface area (Å²) in [6.45, 7) is 5.02. The van der Waals surface area contributed by atoms with Gasteiger partial charge < -0.3 is 10.4 Å². The average molecular weight is 299 g/mol. The van der Waals surface area contributed by atoms with Gasteiger partial charge in [-0.2, -0.15) is 0 Å². The molecule has 0 bridgehead atoms. The van der Waals surface area contributed by atoms with Crippen LogP contribution >= 0.6 is 11.3 Å². The minimum atomic E-state index is 0.300. The molecule has 0 aliphatic carbocycles. The van der Waals surface area contributed by atoms with Crippen LogP contribution in [0.3, 0.4) is 0 Å². The minimum Gasteiger partial charge on any atom is -0.508 e. The molecule has 2 aromatic heterocycles. The molecule has 0 saturated heterocycles. The summed E-state index contributed by atoms with van der Waals surface area (Å²) in [5, 5.41) is 13.8. The highest BCUT2D eigenvalue weighted by atomic mass is 32.1. The van der Waals surface area contributed by atoms with Crippen molar-refractivity contribution in [3.8, 4) is 5.75 Å². The summed E-state index contributed by atoms with van der Waals surface area (Å²) in [4.78, 5) is 11.0. The predicted molar refractivity (Wildman–Crippen MR) is 87.2 cm³/mol. The van der Waals surface area contributed by atoms with Crippen molar-refractivity contribution in [3.63, 3.8) is 0 Å². The van der Waals surface area contributed by atoms with Gasteiger partial charge in [-0.15, -0.1) is 11.3 Å². The molecule has 3 rings (SSSR count). The molecule has 0 radical (unpaired) electrons. The van der Waals surface area contributed by atoms with Gasteiger partial charge in [-0.1, -0.05) is 12.1 Å². The van der Waals surface area contributed by atoms with Gasteiger partial charge in [0.15, 0.2) is 0 Å². The number of fused-ring (bicyclic) bond motifs is 1. The zero-order valence-corrected chi connectivity index (χ0v) is 12.9. The molecule has 21 heavy (non-hydrogen) atoms. The second-order valence-corrected chi connectivity index (χ2v) is 6.23. The highest BCUT2D eigenvalue weighted by Crippen LogP contribution is 2.32. The van der Waals surface area contributed by atoms with Crippen molar-refractivity contribution < 1.29 is 5.11 Å². The quantitative estimate of drug-likeness (QED) is 0.772. The van der Waals surface area contributed by atoms with Crippen molar-refractivity contribution in [3.05, 3.63) is 46.6 Å². The van der Waals surface area contributed by atoms with Gasteiger partial charge in [0.25, 0.3) is 0 Å². The van der Waals surface area contributed by atoms with Gasteiger partial charge in [-0.05, 0) is 43.5 Å². The van der Waals surface area contributed by atoms with Crippen LogP contribution in [0, 0.1) is 13.8 Å². The van der Waals surface area contributed by atoms with Crippen molar-refractivity contribution >= 4 is 27.4 Å². The maximum atomic E-state index is 9.28. The number of nitrogens with zero attached hydrogens (tertiary/aromatic N) is 2. The maximum Gasteiger partial charge on any atom is 0.138 e. The third-order valence-electron chi connectivity index (χ3n) is 3.61. The second kappa shape index (κ2) is 5.69. The Balaban J connectivity index is 1.75. The Labute approximate surface area is 127 Å². The van der Waals surface area contributed by atoms with Crippen molar-refractivity contribution in [1.82, 2.24) is 9.97 Å². The molecule has 0 amide bonds. The largest absolute Gasteiger partial charge is 0.508 e. The van der Waals surface area contributed by atoms with E-state index >= 15 is 0 Å². The van der Waals surface area contributed by atoms with Crippen LogP contribution in [0.2, 0.25) is 0 Å². The second-order valence-electron chi connectivity index (χ2n) is 5.03. The van der Waals surface area contributed by atoms with Gasteiger partial charge in [0.1, 0.15) is 22.7 Å². The summed E-state index contributed by atoms with van der Waals surface area (Å²) in [7, 11) is 0. The third kappa shape index (κ3) is 2.83. The van der Waals surface area contributed by atoms with Crippen LogP contribution in [-0.4, -0.2) is 21.6 Å². The Bertz CT molecular complexity index is 765. The molecule has 0 fully saturated rings. The zero-order valence-electron chi connectivity index (χ0n) is 12.1. The first-order valence-electron chi connectivity index (χ1n) is 6.87. The van der Waals surface area contributed by atoms with E-state index in [9.17, 15) is 5.11 Å². The highest BCUT2D eigenvalue weighted by Gasteiger charge is 2.11. The molecule has 1 aromatic carbocycles. The van der Waals surface area contributed by atoms with Gasteiger partial charge in [-0.3, -0.25) is 0 Å². The van der Waals surface area contributed by atoms with Gasteiger partial charge in [0.05, 0.1) is 5.39 Å². The first-order chi connectivity index (χ1) is 10.1. The van der Waals surface area contributed by atoms with Crippen molar-refractivity contribution in [1.29, 1.82) is 0 Å². The molecule has 3 aromatic rings. The topological polar surface area (TPSA) is 58.0 Å². The molecule has 0 aliphatic heterocycles. The Kier molecular flexibility index (Phi) is 3.75.